The number of benzene rings is 3. The van der Waals surface area contributed by atoms with Gasteiger partial charge in [-0.15, -0.1) is 0 Å². The minimum absolute atomic E-state index is 0.0315. The van der Waals surface area contributed by atoms with Crippen LogP contribution in [0.25, 0.3) is 10.8 Å². The van der Waals surface area contributed by atoms with E-state index in [9.17, 15) is 23.1 Å². The standard InChI is InChI=1S/C17H12N2O5S/c20-19(21)14-9-7-12(8-10-14)11-18-15-5-1-3-13-4-2-6-16(17(13)15)25(22,23)24/h1-11H,(H,22,23,24). The number of nitrogens with zero attached hydrogens (tertiary/aromatic N) is 2. The maximum Gasteiger partial charge on any atom is 0.295 e. The molecule has 0 saturated carbocycles. The summed E-state index contributed by atoms with van der Waals surface area (Å²) in [5.41, 5.74) is 0.951. The smallest absolute Gasteiger partial charge is 0.282 e. The second-order valence-electron chi connectivity index (χ2n) is 5.21. The number of aliphatic imine (C=N–C) groups is 1. The molecule has 0 bridgehead atoms. The molecule has 0 atom stereocenters. The fourth-order valence-electron chi connectivity index (χ4n) is 2.44. The largest absolute Gasteiger partial charge is 0.295 e. The molecule has 0 fully saturated rings. The number of hydrogen-bond donors (Lipinski definition) is 1. The molecule has 0 amide bonds. The van der Waals surface area contributed by atoms with Crippen molar-refractivity contribution in [3.8, 4) is 0 Å². The van der Waals surface area contributed by atoms with Crippen LogP contribution in [0.3, 0.4) is 0 Å². The highest BCUT2D eigenvalue weighted by molar-refractivity contribution is 7.86. The average Bonchev–Trinajstić information content (AvgIpc) is 2.59. The summed E-state index contributed by atoms with van der Waals surface area (Å²) >= 11 is 0. The summed E-state index contributed by atoms with van der Waals surface area (Å²) in [4.78, 5) is 14.2. The van der Waals surface area contributed by atoms with Crippen molar-refractivity contribution in [2.75, 3.05) is 0 Å². The van der Waals surface area contributed by atoms with Crippen LogP contribution in [0.15, 0.2) is 70.6 Å². The summed E-state index contributed by atoms with van der Waals surface area (Å²) < 4.78 is 32.7. The number of nitro benzene ring substituents is 1. The molecule has 0 aliphatic rings. The van der Waals surface area contributed by atoms with E-state index in [0.29, 0.717) is 22.0 Å². The van der Waals surface area contributed by atoms with E-state index in [4.69, 9.17) is 0 Å². The molecule has 0 aromatic heterocycles. The number of non-ortho nitro benzene ring substituents is 1. The Bertz CT molecular complexity index is 1080. The van der Waals surface area contributed by atoms with Gasteiger partial charge >= 0.3 is 0 Å². The van der Waals surface area contributed by atoms with Crippen molar-refractivity contribution < 1.29 is 17.9 Å². The number of rotatable bonds is 4. The average molecular weight is 356 g/mol. The van der Waals surface area contributed by atoms with Crippen LogP contribution >= 0.6 is 0 Å². The number of hydrogen-bond acceptors (Lipinski definition) is 5. The van der Waals surface area contributed by atoms with Crippen LogP contribution in [0.5, 0.6) is 0 Å². The molecule has 0 saturated heterocycles. The summed E-state index contributed by atoms with van der Waals surface area (Å²) in [6.45, 7) is 0. The van der Waals surface area contributed by atoms with Crippen LogP contribution in [0.4, 0.5) is 11.4 Å². The fourth-order valence-corrected chi connectivity index (χ4v) is 3.17. The van der Waals surface area contributed by atoms with E-state index in [1.54, 1.807) is 24.3 Å². The Morgan fingerprint density at radius 1 is 1.00 bits per heavy atom. The third-order valence-corrected chi connectivity index (χ3v) is 4.48. The molecule has 3 aromatic rings. The SMILES string of the molecule is O=[N+]([O-])c1ccc(C=Nc2cccc3cccc(S(=O)(=O)O)c23)cc1. The first-order valence-corrected chi connectivity index (χ1v) is 8.58. The lowest BCUT2D eigenvalue weighted by Gasteiger charge is -2.06. The Kier molecular flexibility index (Phi) is 4.30. The van der Waals surface area contributed by atoms with Crippen molar-refractivity contribution in [1.82, 2.24) is 0 Å². The lowest BCUT2D eigenvalue weighted by atomic mass is 10.1. The third-order valence-electron chi connectivity index (χ3n) is 3.58. The normalized spacial score (nSPS) is 11.9. The van der Waals surface area contributed by atoms with Crippen molar-refractivity contribution in [2.24, 2.45) is 4.99 Å². The summed E-state index contributed by atoms with van der Waals surface area (Å²) in [7, 11) is -4.40. The molecule has 0 radical (unpaired) electrons. The van der Waals surface area contributed by atoms with Crippen LogP contribution in [0.1, 0.15) is 5.56 Å². The molecule has 0 aliphatic carbocycles. The van der Waals surface area contributed by atoms with E-state index in [-0.39, 0.29) is 10.6 Å². The van der Waals surface area contributed by atoms with Gasteiger partial charge in [0.2, 0.25) is 0 Å². The predicted octanol–water partition coefficient (Wildman–Crippen LogP) is 3.75. The lowest BCUT2D eigenvalue weighted by molar-refractivity contribution is -0.384. The Morgan fingerprint density at radius 3 is 2.24 bits per heavy atom. The molecule has 3 aromatic carbocycles. The molecule has 0 heterocycles. The van der Waals surface area contributed by atoms with Crippen LogP contribution in [-0.2, 0) is 10.1 Å². The zero-order chi connectivity index (χ0) is 18.0. The van der Waals surface area contributed by atoms with Crippen molar-refractivity contribution in [1.29, 1.82) is 0 Å². The van der Waals surface area contributed by atoms with Gasteiger partial charge in [0.05, 0.1) is 10.6 Å². The molecule has 1 N–H and O–H groups in total. The summed E-state index contributed by atoms with van der Waals surface area (Å²) in [6.07, 6.45) is 1.47. The monoisotopic (exact) mass is 356 g/mol. The van der Waals surface area contributed by atoms with Crippen molar-refractivity contribution in [2.45, 2.75) is 4.90 Å². The van der Waals surface area contributed by atoms with Crippen molar-refractivity contribution >= 4 is 38.5 Å². The highest BCUT2D eigenvalue weighted by Crippen LogP contribution is 2.31. The second kappa shape index (κ2) is 6.42. The Morgan fingerprint density at radius 2 is 1.64 bits per heavy atom. The van der Waals surface area contributed by atoms with E-state index >= 15 is 0 Å². The fraction of sp³-hybridized carbons (Fsp3) is 0. The van der Waals surface area contributed by atoms with Gasteiger partial charge in [-0.25, -0.2) is 0 Å². The maximum atomic E-state index is 11.6. The zero-order valence-corrected chi connectivity index (χ0v) is 13.6. The minimum atomic E-state index is -4.40. The molecule has 7 nitrogen and oxygen atoms in total. The van der Waals surface area contributed by atoms with Gasteiger partial charge in [0, 0.05) is 23.7 Å². The maximum absolute atomic E-state index is 11.6. The van der Waals surface area contributed by atoms with E-state index in [2.05, 4.69) is 4.99 Å². The zero-order valence-electron chi connectivity index (χ0n) is 12.7. The van der Waals surface area contributed by atoms with Crippen LogP contribution in [-0.4, -0.2) is 24.1 Å². The molecule has 126 valence electrons. The Labute approximate surface area is 143 Å². The van der Waals surface area contributed by atoms with Crippen LogP contribution in [0, 0.1) is 10.1 Å². The first kappa shape index (κ1) is 16.7. The minimum Gasteiger partial charge on any atom is -0.282 e. The summed E-state index contributed by atoms with van der Waals surface area (Å²) in [5, 5.41) is 11.6. The molecular formula is C17H12N2O5S. The number of fused-ring (bicyclic) bond motifs is 1. The summed E-state index contributed by atoms with van der Waals surface area (Å²) in [5.74, 6) is 0. The van der Waals surface area contributed by atoms with Gasteiger partial charge < -0.3 is 0 Å². The third kappa shape index (κ3) is 3.54. The number of nitro groups is 1. The van der Waals surface area contributed by atoms with Gasteiger partial charge in [-0.05, 0) is 35.2 Å². The Balaban J connectivity index is 2.08. The quantitative estimate of drug-likeness (QED) is 0.331. The molecule has 25 heavy (non-hydrogen) atoms. The van der Waals surface area contributed by atoms with Gasteiger partial charge in [-0.2, -0.15) is 8.42 Å². The van der Waals surface area contributed by atoms with E-state index in [1.807, 2.05) is 0 Å². The van der Waals surface area contributed by atoms with Gasteiger partial charge in [0.1, 0.15) is 4.90 Å². The lowest BCUT2D eigenvalue weighted by Crippen LogP contribution is -1.99. The van der Waals surface area contributed by atoms with E-state index in [1.165, 1.54) is 42.6 Å². The van der Waals surface area contributed by atoms with Gasteiger partial charge in [-0.1, -0.05) is 24.3 Å². The highest BCUT2D eigenvalue weighted by atomic mass is 32.2. The predicted molar refractivity (Wildman–Crippen MR) is 94.1 cm³/mol. The van der Waals surface area contributed by atoms with Crippen LogP contribution in [0.2, 0.25) is 0 Å². The molecule has 0 spiro atoms. The molecule has 3 rings (SSSR count). The van der Waals surface area contributed by atoms with Crippen LogP contribution < -0.4 is 0 Å². The van der Waals surface area contributed by atoms with E-state index in [0.717, 1.165) is 0 Å². The van der Waals surface area contributed by atoms with Crippen molar-refractivity contribution in [3.05, 3.63) is 76.3 Å². The van der Waals surface area contributed by atoms with Crippen molar-refractivity contribution in [3.63, 3.8) is 0 Å². The van der Waals surface area contributed by atoms with E-state index < -0.39 is 15.0 Å². The molecule has 0 aliphatic heterocycles. The first-order valence-electron chi connectivity index (χ1n) is 7.14. The second-order valence-corrected chi connectivity index (χ2v) is 6.60. The molecule has 0 unspecified atom stereocenters. The molecule has 8 heteroatoms. The van der Waals surface area contributed by atoms with Gasteiger partial charge in [0.15, 0.2) is 0 Å². The highest BCUT2D eigenvalue weighted by Gasteiger charge is 2.16. The Hall–Kier alpha value is -3.10. The summed E-state index contributed by atoms with van der Waals surface area (Å²) in [6, 6.07) is 15.4. The topological polar surface area (TPSA) is 110 Å². The van der Waals surface area contributed by atoms with Gasteiger partial charge in [-0.3, -0.25) is 19.7 Å². The van der Waals surface area contributed by atoms with Gasteiger partial charge in [0.25, 0.3) is 15.8 Å². The first-order chi connectivity index (χ1) is 11.9. The molecular weight excluding hydrogens is 344 g/mol.